The molecule has 0 radical (unpaired) electrons. The van der Waals surface area contributed by atoms with Gasteiger partial charge in [0.15, 0.2) is 0 Å². The van der Waals surface area contributed by atoms with Gasteiger partial charge in [0.25, 0.3) is 0 Å². The van der Waals surface area contributed by atoms with E-state index in [2.05, 4.69) is 0 Å². The van der Waals surface area contributed by atoms with E-state index in [0.29, 0.717) is 12.0 Å². The van der Waals surface area contributed by atoms with Crippen LogP contribution in [-0.4, -0.2) is 12.5 Å². The molecule has 0 aliphatic heterocycles. The second-order valence-electron chi connectivity index (χ2n) is 4.12. The lowest BCUT2D eigenvalue weighted by atomic mass is 10.1. The molecule has 0 amide bonds. The summed E-state index contributed by atoms with van der Waals surface area (Å²) in [7, 11) is 0. The van der Waals surface area contributed by atoms with Crippen molar-refractivity contribution in [3.63, 3.8) is 0 Å². The van der Waals surface area contributed by atoms with Crippen LogP contribution in [0, 0.1) is 0 Å². The zero-order chi connectivity index (χ0) is 15.5. The summed E-state index contributed by atoms with van der Waals surface area (Å²) in [6.07, 6.45) is -2.42. The summed E-state index contributed by atoms with van der Waals surface area (Å²) in [6.45, 7) is 0. The van der Waals surface area contributed by atoms with Gasteiger partial charge in [-0.3, -0.25) is 4.79 Å². The van der Waals surface area contributed by atoms with Gasteiger partial charge in [-0.15, -0.1) is 11.8 Å². The predicted octanol–water partition coefficient (Wildman–Crippen LogP) is 5.03. The van der Waals surface area contributed by atoms with Crippen LogP contribution in [0.5, 0.6) is 11.5 Å². The number of carbonyl (C=O) groups is 1. The molecule has 2 aromatic rings. The molecule has 0 aliphatic rings. The van der Waals surface area contributed by atoms with Crippen LogP contribution in [0.3, 0.4) is 0 Å². The molecule has 0 heterocycles. The highest BCUT2D eigenvalue weighted by Crippen LogP contribution is 2.40. The summed E-state index contributed by atoms with van der Waals surface area (Å²) in [5.41, 5.74) is -1.02. The van der Waals surface area contributed by atoms with Crippen molar-refractivity contribution < 1.29 is 22.7 Å². The number of halogens is 3. The fourth-order valence-corrected chi connectivity index (χ4v) is 2.28. The lowest BCUT2D eigenvalue weighted by Crippen LogP contribution is -2.08. The largest absolute Gasteiger partial charge is 0.456 e. The summed E-state index contributed by atoms with van der Waals surface area (Å²) in [6, 6.07) is 10.0. The fraction of sp³-hybridized carbons (Fsp3) is 0.133. The molecule has 0 spiro atoms. The van der Waals surface area contributed by atoms with Gasteiger partial charge in [0.05, 0.1) is 5.56 Å². The number of aldehydes is 1. The minimum atomic E-state index is -4.59. The van der Waals surface area contributed by atoms with E-state index >= 15 is 0 Å². The van der Waals surface area contributed by atoms with Crippen molar-refractivity contribution in [1.29, 1.82) is 0 Å². The van der Waals surface area contributed by atoms with Crippen molar-refractivity contribution >= 4 is 18.0 Å². The smallest absolute Gasteiger partial charge is 0.420 e. The van der Waals surface area contributed by atoms with Crippen molar-refractivity contribution in [2.45, 2.75) is 11.1 Å². The molecule has 2 aromatic carbocycles. The lowest BCUT2D eigenvalue weighted by Gasteiger charge is -2.15. The first-order valence-electron chi connectivity index (χ1n) is 5.93. The second-order valence-corrected chi connectivity index (χ2v) is 4.97. The van der Waals surface area contributed by atoms with E-state index in [4.69, 9.17) is 4.74 Å². The van der Waals surface area contributed by atoms with E-state index in [1.54, 1.807) is 24.3 Å². The highest BCUT2D eigenvalue weighted by Gasteiger charge is 2.35. The lowest BCUT2D eigenvalue weighted by molar-refractivity contribution is -0.138. The van der Waals surface area contributed by atoms with E-state index < -0.39 is 11.7 Å². The van der Waals surface area contributed by atoms with E-state index in [9.17, 15) is 18.0 Å². The third-order valence-corrected chi connectivity index (χ3v) is 3.51. The zero-order valence-corrected chi connectivity index (χ0v) is 11.8. The molecular formula is C15H11F3O2S. The van der Waals surface area contributed by atoms with Crippen molar-refractivity contribution in [1.82, 2.24) is 0 Å². The highest BCUT2D eigenvalue weighted by molar-refractivity contribution is 7.98. The molecule has 0 bridgehead atoms. The van der Waals surface area contributed by atoms with Crippen LogP contribution in [0.1, 0.15) is 15.9 Å². The number of alkyl halides is 3. The minimum Gasteiger partial charge on any atom is -0.456 e. The number of hydrogen-bond acceptors (Lipinski definition) is 3. The van der Waals surface area contributed by atoms with Crippen LogP contribution in [0.2, 0.25) is 0 Å². The van der Waals surface area contributed by atoms with Gasteiger partial charge in [-0.05, 0) is 36.6 Å². The van der Waals surface area contributed by atoms with E-state index in [1.807, 2.05) is 6.26 Å². The number of carbonyl (C=O) groups excluding carboxylic acids is 1. The van der Waals surface area contributed by atoms with Crippen LogP contribution in [0.25, 0.3) is 0 Å². The fourth-order valence-electron chi connectivity index (χ4n) is 1.75. The molecule has 21 heavy (non-hydrogen) atoms. The standard InChI is InChI=1S/C15H11F3O2S/c1-21-14-5-3-2-4-13(14)20-12-7-6-10(9-19)8-11(12)15(16,17)18/h2-9H,1H3. The van der Waals surface area contributed by atoms with E-state index in [-0.39, 0.29) is 11.3 Å². The predicted molar refractivity (Wildman–Crippen MR) is 75.1 cm³/mol. The summed E-state index contributed by atoms with van der Waals surface area (Å²) < 4.78 is 44.5. The SMILES string of the molecule is CSc1ccccc1Oc1ccc(C=O)cc1C(F)(F)F. The quantitative estimate of drug-likeness (QED) is 0.585. The van der Waals surface area contributed by atoms with Crippen LogP contribution >= 0.6 is 11.8 Å². The number of ether oxygens (including phenoxy) is 1. The Morgan fingerprint density at radius 2 is 1.81 bits per heavy atom. The summed E-state index contributed by atoms with van der Waals surface area (Å²) in [4.78, 5) is 11.4. The summed E-state index contributed by atoms with van der Waals surface area (Å²) in [5.74, 6) is 0.0175. The van der Waals surface area contributed by atoms with Crippen molar-refractivity contribution in [2.24, 2.45) is 0 Å². The van der Waals surface area contributed by atoms with Crippen LogP contribution < -0.4 is 4.74 Å². The molecule has 0 atom stereocenters. The molecule has 0 unspecified atom stereocenters. The Morgan fingerprint density at radius 1 is 1.10 bits per heavy atom. The van der Waals surface area contributed by atoms with Gasteiger partial charge >= 0.3 is 6.18 Å². The average Bonchev–Trinajstić information content (AvgIpc) is 2.47. The van der Waals surface area contributed by atoms with Crippen LogP contribution in [0.4, 0.5) is 13.2 Å². The Hall–Kier alpha value is -1.95. The van der Waals surface area contributed by atoms with Crippen LogP contribution in [0.15, 0.2) is 47.4 Å². The van der Waals surface area contributed by atoms with Gasteiger partial charge in [0.2, 0.25) is 0 Å². The van der Waals surface area contributed by atoms with Gasteiger partial charge in [-0.25, -0.2) is 0 Å². The second kappa shape index (κ2) is 6.22. The van der Waals surface area contributed by atoms with Gasteiger partial charge in [-0.2, -0.15) is 13.2 Å². The van der Waals surface area contributed by atoms with Gasteiger partial charge < -0.3 is 4.74 Å². The topological polar surface area (TPSA) is 26.3 Å². The monoisotopic (exact) mass is 312 g/mol. The number of para-hydroxylation sites is 1. The maximum atomic E-state index is 13.0. The molecule has 110 valence electrons. The van der Waals surface area contributed by atoms with Crippen molar-refractivity contribution in [2.75, 3.05) is 6.26 Å². The Bertz CT molecular complexity index is 654. The third kappa shape index (κ3) is 3.58. The Balaban J connectivity index is 2.46. The number of hydrogen-bond donors (Lipinski definition) is 0. The Labute approximate surface area is 123 Å². The molecule has 2 rings (SSSR count). The Morgan fingerprint density at radius 3 is 2.43 bits per heavy atom. The first-order valence-corrected chi connectivity index (χ1v) is 7.15. The van der Waals surface area contributed by atoms with Gasteiger partial charge in [0.1, 0.15) is 17.8 Å². The first kappa shape index (κ1) is 15.4. The molecule has 0 aliphatic carbocycles. The number of rotatable bonds is 4. The maximum absolute atomic E-state index is 13.0. The highest BCUT2D eigenvalue weighted by atomic mass is 32.2. The number of thioether (sulfide) groups is 1. The molecule has 0 fully saturated rings. The van der Waals surface area contributed by atoms with E-state index in [0.717, 1.165) is 17.0 Å². The normalized spacial score (nSPS) is 11.2. The maximum Gasteiger partial charge on any atom is 0.420 e. The summed E-state index contributed by atoms with van der Waals surface area (Å²) in [5, 5.41) is 0. The third-order valence-electron chi connectivity index (χ3n) is 2.73. The molecule has 0 saturated carbocycles. The van der Waals surface area contributed by atoms with Crippen molar-refractivity contribution in [3.8, 4) is 11.5 Å². The zero-order valence-electron chi connectivity index (χ0n) is 11.0. The molecule has 0 saturated heterocycles. The van der Waals surface area contributed by atoms with E-state index in [1.165, 1.54) is 17.8 Å². The molecule has 2 nitrogen and oxygen atoms in total. The van der Waals surface area contributed by atoms with Crippen LogP contribution in [-0.2, 0) is 6.18 Å². The van der Waals surface area contributed by atoms with Crippen molar-refractivity contribution in [3.05, 3.63) is 53.6 Å². The number of benzene rings is 2. The first-order chi connectivity index (χ1) is 9.95. The minimum absolute atomic E-state index is 0.0483. The Kier molecular flexibility index (Phi) is 4.57. The van der Waals surface area contributed by atoms with Gasteiger partial charge in [0, 0.05) is 10.5 Å². The molecule has 0 N–H and O–H groups in total. The molecular weight excluding hydrogens is 301 g/mol. The molecule has 0 aromatic heterocycles. The molecule has 6 heteroatoms. The van der Waals surface area contributed by atoms with Gasteiger partial charge in [-0.1, -0.05) is 12.1 Å². The summed E-state index contributed by atoms with van der Waals surface area (Å²) >= 11 is 1.37. The average molecular weight is 312 g/mol.